The molecule has 1 atom stereocenters. The SMILES string of the molecule is CN1CCN(c2cc(Br)ccc2CC2OCCN(c3ccc(C(C)(C)C)cc3)C2=O)CC1. The third-order valence-electron chi connectivity index (χ3n) is 6.52. The lowest BCUT2D eigenvalue weighted by molar-refractivity contribution is -0.133. The maximum Gasteiger partial charge on any atom is 0.256 e. The molecule has 5 nitrogen and oxygen atoms in total. The minimum atomic E-state index is -0.460. The van der Waals surface area contributed by atoms with Crippen molar-refractivity contribution in [2.24, 2.45) is 0 Å². The lowest BCUT2D eigenvalue weighted by Crippen LogP contribution is -2.49. The van der Waals surface area contributed by atoms with Crippen LogP contribution >= 0.6 is 15.9 Å². The molecule has 0 aromatic heterocycles. The number of carbonyl (C=O) groups is 1. The van der Waals surface area contributed by atoms with Crippen molar-refractivity contribution in [3.05, 3.63) is 58.1 Å². The zero-order valence-corrected chi connectivity index (χ0v) is 21.2. The van der Waals surface area contributed by atoms with E-state index >= 15 is 0 Å². The fourth-order valence-corrected chi connectivity index (χ4v) is 4.79. The Morgan fingerprint density at radius 2 is 1.69 bits per heavy atom. The van der Waals surface area contributed by atoms with Crippen molar-refractivity contribution in [1.82, 2.24) is 4.90 Å². The molecular formula is C26H34BrN3O2. The Labute approximate surface area is 200 Å². The summed E-state index contributed by atoms with van der Waals surface area (Å²) in [7, 11) is 2.16. The van der Waals surface area contributed by atoms with Crippen molar-refractivity contribution in [2.75, 3.05) is 56.2 Å². The Morgan fingerprint density at radius 1 is 1.00 bits per heavy atom. The molecule has 1 unspecified atom stereocenters. The smallest absolute Gasteiger partial charge is 0.256 e. The highest BCUT2D eigenvalue weighted by Gasteiger charge is 2.32. The van der Waals surface area contributed by atoms with E-state index < -0.39 is 6.10 Å². The highest BCUT2D eigenvalue weighted by Crippen LogP contribution is 2.30. The second kappa shape index (κ2) is 9.54. The van der Waals surface area contributed by atoms with Crippen LogP contribution < -0.4 is 9.80 Å². The van der Waals surface area contributed by atoms with Crippen molar-refractivity contribution >= 4 is 33.2 Å². The molecule has 0 bridgehead atoms. The molecule has 4 rings (SSSR count). The fourth-order valence-electron chi connectivity index (χ4n) is 4.44. The van der Waals surface area contributed by atoms with Gasteiger partial charge in [-0.05, 0) is 47.9 Å². The van der Waals surface area contributed by atoms with E-state index in [1.54, 1.807) is 0 Å². The molecule has 2 aliphatic rings. The molecule has 0 N–H and O–H groups in total. The summed E-state index contributed by atoms with van der Waals surface area (Å²) in [5.41, 5.74) is 4.69. The second-order valence-electron chi connectivity index (χ2n) is 9.91. The molecule has 6 heteroatoms. The van der Waals surface area contributed by atoms with Gasteiger partial charge in [-0.25, -0.2) is 0 Å². The number of carbonyl (C=O) groups excluding carboxylic acids is 1. The number of halogens is 1. The number of benzene rings is 2. The van der Waals surface area contributed by atoms with E-state index in [4.69, 9.17) is 4.74 Å². The summed E-state index contributed by atoms with van der Waals surface area (Å²) in [4.78, 5) is 20.0. The van der Waals surface area contributed by atoms with Crippen molar-refractivity contribution in [3.8, 4) is 0 Å². The van der Waals surface area contributed by atoms with Crippen molar-refractivity contribution in [2.45, 2.75) is 38.7 Å². The third-order valence-corrected chi connectivity index (χ3v) is 7.01. The Morgan fingerprint density at radius 3 is 2.34 bits per heavy atom. The van der Waals surface area contributed by atoms with Crippen molar-refractivity contribution < 1.29 is 9.53 Å². The number of likely N-dealkylation sites (N-methyl/N-ethyl adjacent to an activating group) is 1. The summed E-state index contributed by atoms with van der Waals surface area (Å²) in [5, 5.41) is 0. The van der Waals surface area contributed by atoms with Crippen LogP contribution in [0, 0.1) is 0 Å². The van der Waals surface area contributed by atoms with Gasteiger partial charge in [-0.3, -0.25) is 4.79 Å². The molecule has 32 heavy (non-hydrogen) atoms. The number of ether oxygens (including phenoxy) is 1. The van der Waals surface area contributed by atoms with E-state index in [2.05, 4.69) is 96.0 Å². The number of rotatable bonds is 4. The average molecular weight is 500 g/mol. The second-order valence-corrected chi connectivity index (χ2v) is 10.8. The quantitative estimate of drug-likeness (QED) is 0.621. The largest absolute Gasteiger partial charge is 0.369 e. The molecule has 2 aromatic rings. The van der Waals surface area contributed by atoms with Crippen LogP contribution in [0.15, 0.2) is 46.9 Å². The maximum absolute atomic E-state index is 13.4. The van der Waals surface area contributed by atoms with Crippen LogP contribution in [0.5, 0.6) is 0 Å². The van der Waals surface area contributed by atoms with Gasteiger partial charge in [0.1, 0.15) is 6.10 Å². The van der Waals surface area contributed by atoms with Crippen LogP contribution in [0.2, 0.25) is 0 Å². The molecule has 2 heterocycles. The summed E-state index contributed by atoms with van der Waals surface area (Å²) in [6.45, 7) is 11.8. The molecule has 2 aliphatic heterocycles. The van der Waals surface area contributed by atoms with E-state index in [-0.39, 0.29) is 11.3 Å². The summed E-state index contributed by atoms with van der Waals surface area (Å²) < 4.78 is 7.05. The number of amides is 1. The monoisotopic (exact) mass is 499 g/mol. The fraction of sp³-hybridized carbons (Fsp3) is 0.500. The zero-order chi connectivity index (χ0) is 22.9. The molecule has 2 aromatic carbocycles. The molecule has 0 spiro atoms. The minimum absolute atomic E-state index is 0.0482. The maximum atomic E-state index is 13.4. The van der Waals surface area contributed by atoms with Gasteiger partial charge in [0.15, 0.2) is 0 Å². The summed E-state index contributed by atoms with van der Waals surface area (Å²) >= 11 is 3.63. The van der Waals surface area contributed by atoms with Gasteiger partial charge in [-0.2, -0.15) is 0 Å². The Balaban J connectivity index is 1.52. The predicted octanol–water partition coefficient (Wildman–Crippen LogP) is 4.47. The topological polar surface area (TPSA) is 36.0 Å². The van der Waals surface area contributed by atoms with E-state index in [9.17, 15) is 4.79 Å². The van der Waals surface area contributed by atoms with Crippen molar-refractivity contribution in [1.29, 1.82) is 0 Å². The first-order valence-corrected chi connectivity index (χ1v) is 12.3. The number of morpholine rings is 1. The lowest BCUT2D eigenvalue weighted by atomic mass is 9.87. The molecule has 0 aliphatic carbocycles. The van der Waals surface area contributed by atoms with E-state index in [0.29, 0.717) is 19.6 Å². The normalized spacial score (nSPS) is 20.7. The number of anilines is 2. The molecule has 0 radical (unpaired) electrons. The Hall–Kier alpha value is -1.89. The van der Waals surface area contributed by atoms with Crippen LogP contribution in [0.25, 0.3) is 0 Å². The first-order valence-electron chi connectivity index (χ1n) is 11.5. The van der Waals surface area contributed by atoms with Crippen LogP contribution in [0.1, 0.15) is 31.9 Å². The zero-order valence-electron chi connectivity index (χ0n) is 19.6. The predicted molar refractivity (Wildman–Crippen MR) is 135 cm³/mol. The minimum Gasteiger partial charge on any atom is -0.369 e. The highest BCUT2D eigenvalue weighted by atomic mass is 79.9. The van der Waals surface area contributed by atoms with Crippen LogP contribution in [-0.2, 0) is 21.4 Å². The van der Waals surface area contributed by atoms with Gasteiger partial charge in [0.2, 0.25) is 0 Å². The van der Waals surface area contributed by atoms with Gasteiger partial charge in [-0.1, -0.05) is 54.9 Å². The highest BCUT2D eigenvalue weighted by molar-refractivity contribution is 9.10. The van der Waals surface area contributed by atoms with Crippen LogP contribution in [-0.4, -0.2) is 63.3 Å². The van der Waals surface area contributed by atoms with Crippen LogP contribution in [0.4, 0.5) is 11.4 Å². The first-order chi connectivity index (χ1) is 15.2. The molecule has 172 valence electrons. The van der Waals surface area contributed by atoms with E-state index in [1.165, 1.54) is 16.8 Å². The van der Waals surface area contributed by atoms with Gasteiger partial charge in [0.25, 0.3) is 5.91 Å². The Bertz CT molecular complexity index is 947. The van der Waals surface area contributed by atoms with Gasteiger partial charge in [0, 0.05) is 55.0 Å². The standard InChI is InChI=1S/C26H34BrN3O2/c1-26(2,3)20-6-9-22(10-7-20)30-15-16-32-24(25(30)31)17-19-5-8-21(27)18-23(19)29-13-11-28(4)12-14-29/h5-10,18,24H,11-17H2,1-4H3. The summed E-state index contributed by atoms with van der Waals surface area (Å²) in [6, 6.07) is 14.8. The van der Waals surface area contributed by atoms with Gasteiger partial charge < -0.3 is 19.4 Å². The van der Waals surface area contributed by atoms with E-state index in [0.717, 1.165) is 36.3 Å². The molecule has 1 amide bonds. The molecule has 2 fully saturated rings. The first kappa shape index (κ1) is 23.3. The van der Waals surface area contributed by atoms with Gasteiger partial charge in [-0.15, -0.1) is 0 Å². The van der Waals surface area contributed by atoms with Gasteiger partial charge in [0.05, 0.1) is 6.61 Å². The number of hydrogen-bond donors (Lipinski definition) is 0. The summed E-state index contributed by atoms with van der Waals surface area (Å²) in [5.74, 6) is 0.0482. The van der Waals surface area contributed by atoms with E-state index in [1.807, 2.05) is 4.90 Å². The average Bonchev–Trinajstić information content (AvgIpc) is 2.76. The molecule has 2 saturated heterocycles. The number of nitrogens with zero attached hydrogens (tertiary/aromatic N) is 3. The molecular weight excluding hydrogens is 466 g/mol. The van der Waals surface area contributed by atoms with Crippen LogP contribution in [0.3, 0.4) is 0 Å². The van der Waals surface area contributed by atoms with Crippen molar-refractivity contribution in [3.63, 3.8) is 0 Å². The number of piperazine rings is 1. The molecule has 0 saturated carbocycles. The summed E-state index contributed by atoms with van der Waals surface area (Å²) in [6.07, 6.45) is 0.128. The Kier molecular flexibility index (Phi) is 6.94. The third kappa shape index (κ3) is 5.19. The van der Waals surface area contributed by atoms with Gasteiger partial charge >= 0.3 is 0 Å². The number of hydrogen-bond acceptors (Lipinski definition) is 4. The lowest BCUT2D eigenvalue weighted by Gasteiger charge is -2.36.